The van der Waals surface area contributed by atoms with Gasteiger partial charge in [-0.1, -0.05) is 12.1 Å². The van der Waals surface area contributed by atoms with Crippen LogP contribution in [0.2, 0.25) is 0 Å². The first kappa shape index (κ1) is 12.2. The van der Waals surface area contributed by atoms with Crippen molar-refractivity contribution in [2.75, 3.05) is 7.11 Å². The summed E-state index contributed by atoms with van der Waals surface area (Å²) in [6.07, 6.45) is 2.69. The molecule has 96 valence electrons. The number of pyridine rings is 1. The van der Waals surface area contributed by atoms with Crippen LogP contribution in [0.25, 0.3) is 5.65 Å². The molecule has 1 aromatic carbocycles. The molecule has 5 heteroatoms. The summed E-state index contributed by atoms with van der Waals surface area (Å²) in [5.41, 5.74) is 2.00. The molecule has 2 aromatic heterocycles. The fourth-order valence-corrected chi connectivity index (χ4v) is 2.33. The Labute approximate surface area is 119 Å². The fourth-order valence-electron chi connectivity index (χ4n) is 2.00. The number of methoxy groups -OCH3 is 1. The molecule has 0 unspecified atom stereocenters. The predicted molar refractivity (Wildman–Crippen MR) is 76.5 cm³/mol. The van der Waals surface area contributed by atoms with Crippen LogP contribution in [-0.2, 0) is 6.42 Å². The molecule has 0 saturated heterocycles. The minimum absolute atomic E-state index is 0.717. The predicted octanol–water partition coefficient (Wildman–Crippen LogP) is 3.09. The van der Waals surface area contributed by atoms with E-state index < -0.39 is 0 Å². The number of ether oxygens (including phenoxy) is 1. The Hall–Kier alpha value is -1.88. The van der Waals surface area contributed by atoms with Crippen molar-refractivity contribution >= 4 is 21.6 Å². The molecule has 0 aliphatic heterocycles. The lowest BCUT2D eigenvalue weighted by Gasteiger charge is -2.04. The summed E-state index contributed by atoms with van der Waals surface area (Å²) < 4.78 is 8.23. The number of benzene rings is 1. The van der Waals surface area contributed by atoms with E-state index in [-0.39, 0.29) is 0 Å². The van der Waals surface area contributed by atoms with Crippen molar-refractivity contribution in [3.05, 3.63) is 58.5 Å². The highest BCUT2D eigenvalue weighted by molar-refractivity contribution is 9.10. The van der Waals surface area contributed by atoms with Crippen LogP contribution < -0.4 is 4.74 Å². The standard InChI is InChI=1S/C14H12BrN3O/c1-19-12-4-2-3-10(7-12)8-14-17-16-13-6-5-11(15)9-18(13)14/h2-7,9H,8H2,1H3. The SMILES string of the molecule is COc1cccc(Cc2nnc3ccc(Br)cn23)c1. The highest BCUT2D eigenvalue weighted by Gasteiger charge is 2.07. The van der Waals surface area contributed by atoms with Crippen molar-refractivity contribution < 1.29 is 4.74 Å². The smallest absolute Gasteiger partial charge is 0.160 e. The maximum Gasteiger partial charge on any atom is 0.160 e. The molecule has 0 spiro atoms. The summed E-state index contributed by atoms with van der Waals surface area (Å²) in [6, 6.07) is 11.9. The lowest BCUT2D eigenvalue weighted by Crippen LogP contribution is -1.96. The van der Waals surface area contributed by atoms with Crippen molar-refractivity contribution in [1.29, 1.82) is 0 Å². The Balaban J connectivity index is 1.98. The van der Waals surface area contributed by atoms with Crippen molar-refractivity contribution in [2.45, 2.75) is 6.42 Å². The van der Waals surface area contributed by atoms with Crippen LogP contribution >= 0.6 is 15.9 Å². The molecule has 2 heterocycles. The van der Waals surface area contributed by atoms with Gasteiger partial charge < -0.3 is 4.74 Å². The second kappa shape index (κ2) is 5.01. The third kappa shape index (κ3) is 2.46. The fraction of sp³-hybridized carbons (Fsp3) is 0.143. The average molecular weight is 318 g/mol. The van der Waals surface area contributed by atoms with Crippen LogP contribution in [0.15, 0.2) is 47.1 Å². The molecule has 3 aromatic rings. The van der Waals surface area contributed by atoms with E-state index in [9.17, 15) is 0 Å². The summed E-state index contributed by atoms with van der Waals surface area (Å²) in [7, 11) is 1.67. The maximum atomic E-state index is 5.23. The van der Waals surface area contributed by atoms with E-state index >= 15 is 0 Å². The lowest BCUT2D eigenvalue weighted by atomic mass is 10.1. The second-order valence-electron chi connectivity index (χ2n) is 4.22. The summed E-state index contributed by atoms with van der Waals surface area (Å²) in [5, 5.41) is 8.40. The maximum absolute atomic E-state index is 5.23. The van der Waals surface area contributed by atoms with Gasteiger partial charge in [0.1, 0.15) is 11.6 Å². The van der Waals surface area contributed by atoms with Crippen LogP contribution in [0.3, 0.4) is 0 Å². The Morgan fingerprint density at radius 1 is 1.21 bits per heavy atom. The van der Waals surface area contributed by atoms with E-state index in [1.807, 2.05) is 40.9 Å². The van der Waals surface area contributed by atoms with Crippen LogP contribution in [0.5, 0.6) is 5.75 Å². The van der Waals surface area contributed by atoms with E-state index in [1.165, 1.54) is 0 Å². The van der Waals surface area contributed by atoms with Gasteiger partial charge in [0.2, 0.25) is 0 Å². The van der Waals surface area contributed by atoms with E-state index in [4.69, 9.17) is 4.74 Å². The molecule has 0 amide bonds. The molecule has 4 nitrogen and oxygen atoms in total. The topological polar surface area (TPSA) is 39.4 Å². The molecule has 0 N–H and O–H groups in total. The minimum Gasteiger partial charge on any atom is -0.497 e. The van der Waals surface area contributed by atoms with Gasteiger partial charge in [-0.15, -0.1) is 10.2 Å². The highest BCUT2D eigenvalue weighted by Crippen LogP contribution is 2.17. The van der Waals surface area contributed by atoms with Crippen LogP contribution in [0.1, 0.15) is 11.4 Å². The Bertz CT molecular complexity index is 724. The van der Waals surface area contributed by atoms with Crippen LogP contribution in [0, 0.1) is 0 Å². The summed E-state index contributed by atoms with van der Waals surface area (Å²) in [6.45, 7) is 0. The number of fused-ring (bicyclic) bond motifs is 1. The molecule has 3 rings (SSSR count). The lowest BCUT2D eigenvalue weighted by molar-refractivity contribution is 0.414. The zero-order chi connectivity index (χ0) is 13.2. The Morgan fingerprint density at radius 2 is 2.11 bits per heavy atom. The zero-order valence-corrected chi connectivity index (χ0v) is 12.0. The molecule has 0 saturated carbocycles. The number of halogens is 1. The zero-order valence-electron chi connectivity index (χ0n) is 10.4. The van der Waals surface area contributed by atoms with Gasteiger partial charge in [0.25, 0.3) is 0 Å². The van der Waals surface area contributed by atoms with E-state index in [0.717, 1.165) is 33.7 Å². The molecule has 0 radical (unpaired) electrons. The van der Waals surface area contributed by atoms with Crippen molar-refractivity contribution in [3.8, 4) is 5.75 Å². The van der Waals surface area contributed by atoms with Crippen molar-refractivity contribution in [2.24, 2.45) is 0 Å². The van der Waals surface area contributed by atoms with Crippen molar-refractivity contribution in [1.82, 2.24) is 14.6 Å². The van der Waals surface area contributed by atoms with Crippen LogP contribution in [-0.4, -0.2) is 21.7 Å². The highest BCUT2D eigenvalue weighted by atomic mass is 79.9. The number of aromatic nitrogens is 3. The van der Waals surface area contributed by atoms with Gasteiger partial charge in [-0.3, -0.25) is 4.40 Å². The third-order valence-corrected chi connectivity index (χ3v) is 3.40. The van der Waals surface area contributed by atoms with Gasteiger partial charge in [-0.2, -0.15) is 0 Å². The average Bonchev–Trinajstić information content (AvgIpc) is 2.81. The molecule has 0 atom stereocenters. The van der Waals surface area contributed by atoms with Gasteiger partial charge in [0.05, 0.1) is 7.11 Å². The van der Waals surface area contributed by atoms with Gasteiger partial charge >= 0.3 is 0 Å². The molecule has 0 aliphatic rings. The summed E-state index contributed by atoms with van der Waals surface area (Å²) in [4.78, 5) is 0. The van der Waals surface area contributed by atoms with Gasteiger partial charge in [-0.05, 0) is 45.8 Å². The summed E-state index contributed by atoms with van der Waals surface area (Å²) >= 11 is 3.46. The summed E-state index contributed by atoms with van der Waals surface area (Å²) in [5.74, 6) is 1.76. The Kier molecular flexibility index (Phi) is 3.21. The van der Waals surface area contributed by atoms with Gasteiger partial charge in [0, 0.05) is 17.1 Å². The quantitative estimate of drug-likeness (QED) is 0.745. The Morgan fingerprint density at radius 3 is 2.95 bits per heavy atom. The molecular weight excluding hydrogens is 306 g/mol. The van der Waals surface area contributed by atoms with E-state index in [0.29, 0.717) is 0 Å². The van der Waals surface area contributed by atoms with Crippen LogP contribution in [0.4, 0.5) is 0 Å². The first-order valence-corrected chi connectivity index (χ1v) is 6.67. The molecular formula is C14H12BrN3O. The van der Waals surface area contributed by atoms with Gasteiger partial charge in [-0.25, -0.2) is 0 Å². The molecule has 0 bridgehead atoms. The molecule has 19 heavy (non-hydrogen) atoms. The monoisotopic (exact) mass is 317 g/mol. The number of hydrogen-bond acceptors (Lipinski definition) is 3. The van der Waals surface area contributed by atoms with E-state index in [1.54, 1.807) is 7.11 Å². The molecule has 0 aliphatic carbocycles. The first-order valence-electron chi connectivity index (χ1n) is 5.88. The van der Waals surface area contributed by atoms with E-state index in [2.05, 4.69) is 32.2 Å². The number of hydrogen-bond donors (Lipinski definition) is 0. The molecule has 0 fully saturated rings. The van der Waals surface area contributed by atoms with Gasteiger partial charge in [0.15, 0.2) is 5.65 Å². The number of rotatable bonds is 3. The minimum atomic E-state index is 0.717. The largest absolute Gasteiger partial charge is 0.497 e. The second-order valence-corrected chi connectivity index (χ2v) is 5.14. The first-order chi connectivity index (χ1) is 9.26. The normalized spacial score (nSPS) is 10.8. The van der Waals surface area contributed by atoms with Crippen molar-refractivity contribution in [3.63, 3.8) is 0 Å². The number of nitrogens with zero attached hydrogens (tertiary/aromatic N) is 3. The third-order valence-electron chi connectivity index (χ3n) is 2.93.